The molecule has 1 aliphatic rings. The number of likely N-dealkylation sites (N-methyl/N-ethyl adjacent to an activating group) is 1. The maximum absolute atomic E-state index is 12.2. The van der Waals surface area contributed by atoms with Crippen molar-refractivity contribution in [1.29, 1.82) is 0 Å². The van der Waals surface area contributed by atoms with Crippen LogP contribution in [0.5, 0.6) is 0 Å². The molecule has 2 heterocycles. The van der Waals surface area contributed by atoms with Crippen LogP contribution in [0.1, 0.15) is 5.76 Å². The van der Waals surface area contributed by atoms with Crippen molar-refractivity contribution in [2.24, 2.45) is 5.73 Å². The predicted octanol–water partition coefficient (Wildman–Crippen LogP) is 0.110. The van der Waals surface area contributed by atoms with Gasteiger partial charge in [0.1, 0.15) is 10.7 Å². The minimum absolute atomic E-state index is 0.0575. The number of furan rings is 1. The van der Waals surface area contributed by atoms with Crippen molar-refractivity contribution >= 4 is 26.0 Å². The Kier molecular flexibility index (Phi) is 5.21. The van der Waals surface area contributed by atoms with E-state index in [-0.39, 0.29) is 28.8 Å². The highest BCUT2D eigenvalue weighted by atomic mass is 79.9. The minimum atomic E-state index is -3.64. The number of hydrogen-bond donors (Lipinski definition) is 2. The number of nitrogens with one attached hydrogen (secondary N) is 1. The Morgan fingerprint density at radius 3 is 2.95 bits per heavy atom. The van der Waals surface area contributed by atoms with E-state index in [4.69, 9.17) is 14.9 Å². The molecule has 0 radical (unpaired) electrons. The van der Waals surface area contributed by atoms with E-state index in [2.05, 4.69) is 25.6 Å². The minimum Gasteiger partial charge on any atom is -0.452 e. The fourth-order valence-electron chi connectivity index (χ4n) is 1.95. The van der Waals surface area contributed by atoms with Crippen molar-refractivity contribution in [3.63, 3.8) is 0 Å². The number of morpholine rings is 1. The van der Waals surface area contributed by atoms with Crippen LogP contribution in [-0.2, 0) is 21.3 Å². The Labute approximate surface area is 126 Å². The van der Waals surface area contributed by atoms with Gasteiger partial charge in [-0.1, -0.05) is 0 Å². The highest BCUT2D eigenvalue weighted by Crippen LogP contribution is 2.25. The first-order valence-electron chi connectivity index (χ1n) is 6.20. The van der Waals surface area contributed by atoms with Gasteiger partial charge >= 0.3 is 0 Å². The predicted molar refractivity (Wildman–Crippen MR) is 76.7 cm³/mol. The number of halogens is 1. The average Bonchev–Trinajstić information content (AvgIpc) is 2.79. The zero-order valence-corrected chi connectivity index (χ0v) is 13.5. The summed E-state index contributed by atoms with van der Waals surface area (Å²) in [7, 11) is -1.67. The van der Waals surface area contributed by atoms with Crippen LogP contribution in [0.15, 0.2) is 20.0 Å². The molecular weight excluding hydrogens is 350 g/mol. The molecule has 9 heteroatoms. The van der Waals surface area contributed by atoms with Crippen molar-refractivity contribution in [3.05, 3.63) is 16.5 Å². The van der Waals surface area contributed by atoms with Crippen LogP contribution in [0, 0.1) is 0 Å². The average molecular weight is 368 g/mol. The smallest absolute Gasteiger partial charge is 0.245 e. The summed E-state index contributed by atoms with van der Waals surface area (Å²) in [6.45, 7) is 2.53. The monoisotopic (exact) mass is 367 g/mol. The Bertz CT molecular complexity index is 560. The molecule has 0 saturated carbocycles. The van der Waals surface area contributed by atoms with E-state index in [0.717, 1.165) is 6.54 Å². The lowest BCUT2D eigenvalue weighted by Crippen LogP contribution is -2.45. The molecule has 0 spiro atoms. The maximum Gasteiger partial charge on any atom is 0.245 e. The normalized spacial score (nSPS) is 21.2. The van der Waals surface area contributed by atoms with Crippen molar-refractivity contribution < 1.29 is 17.6 Å². The van der Waals surface area contributed by atoms with Gasteiger partial charge in [0.05, 0.1) is 19.3 Å². The highest BCUT2D eigenvalue weighted by molar-refractivity contribution is 9.10. The third-order valence-electron chi connectivity index (χ3n) is 3.04. The molecular formula is C11H18BrN3O4S. The lowest BCUT2D eigenvalue weighted by Gasteiger charge is -2.29. The van der Waals surface area contributed by atoms with Crippen LogP contribution in [-0.4, -0.2) is 52.7 Å². The van der Waals surface area contributed by atoms with E-state index in [1.165, 1.54) is 6.07 Å². The van der Waals surface area contributed by atoms with Crippen molar-refractivity contribution in [2.45, 2.75) is 17.5 Å². The standard InChI is InChI=1S/C11H18BrN3O4S/c1-15-2-3-18-9(7-15)6-14-20(16,17)10-4-8(5-13)19-11(10)12/h4,9,14H,2-3,5-7,13H2,1H3. The molecule has 1 aromatic rings. The molecule has 1 aliphatic heterocycles. The summed E-state index contributed by atoms with van der Waals surface area (Å²) in [4.78, 5) is 2.16. The Hall–Kier alpha value is -0.450. The summed E-state index contributed by atoms with van der Waals surface area (Å²) in [5.74, 6) is 0.408. The molecule has 20 heavy (non-hydrogen) atoms. The molecule has 1 fully saturated rings. The van der Waals surface area contributed by atoms with E-state index in [0.29, 0.717) is 18.9 Å². The van der Waals surface area contributed by atoms with Crippen molar-refractivity contribution in [3.8, 4) is 0 Å². The van der Waals surface area contributed by atoms with Gasteiger partial charge in [-0.15, -0.1) is 0 Å². The number of nitrogens with zero attached hydrogens (tertiary/aromatic N) is 1. The third kappa shape index (κ3) is 3.80. The summed E-state index contributed by atoms with van der Waals surface area (Å²) >= 11 is 3.09. The molecule has 114 valence electrons. The fraction of sp³-hybridized carbons (Fsp3) is 0.636. The zero-order chi connectivity index (χ0) is 14.8. The molecule has 2 rings (SSSR count). The summed E-state index contributed by atoms with van der Waals surface area (Å²) in [5.41, 5.74) is 5.43. The maximum atomic E-state index is 12.2. The lowest BCUT2D eigenvalue weighted by atomic mass is 10.3. The molecule has 1 atom stereocenters. The van der Waals surface area contributed by atoms with Crippen LogP contribution in [0.2, 0.25) is 0 Å². The van der Waals surface area contributed by atoms with Gasteiger partial charge in [0, 0.05) is 25.7 Å². The van der Waals surface area contributed by atoms with Gasteiger partial charge in [0.15, 0.2) is 4.67 Å². The second-order valence-electron chi connectivity index (χ2n) is 4.66. The number of ether oxygens (including phenoxy) is 1. The van der Waals surface area contributed by atoms with Gasteiger partial charge in [-0.3, -0.25) is 0 Å². The number of rotatable bonds is 5. The van der Waals surface area contributed by atoms with Gasteiger partial charge in [0.2, 0.25) is 10.0 Å². The summed E-state index contributed by atoms with van der Waals surface area (Å²) in [6.07, 6.45) is -0.150. The summed E-state index contributed by atoms with van der Waals surface area (Å²) in [6, 6.07) is 1.42. The highest BCUT2D eigenvalue weighted by Gasteiger charge is 2.25. The topological polar surface area (TPSA) is 97.8 Å². The first-order chi connectivity index (χ1) is 9.42. The van der Waals surface area contributed by atoms with E-state index in [1.807, 2.05) is 7.05 Å². The second kappa shape index (κ2) is 6.54. The van der Waals surface area contributed by atoms with E-state index < -0.39 is 10.0 Å². The van der Waals surface area contributed by atoms with E-state index >= 15 is 0 Å². The lowest BCUT2D eigenvalue weighted by molar-refractivity contribution is -0.0156. The summed E-state index contributed by atoms with van der Waals surface area (Å²) in [5, 5.41) is 0. The van der Waals surface area contributed by atoms with Crippen molar-refractivity contribution in [1.82, 2.24) is 9.62 Å². The Morgan fingerprint density at radius 2 is 2.35 bits per heavy atom. The molecule has 0 amide bonds. The Balaban J connectivity index is 2.01. The Morgan fingerprint density at radius 1 is 1.60 bits per heavy atom. The SMILES string of the molecule is CN1CCOC(CNS(=O)(=O)c2cc(CN)oc2Br)C1. The van der Waals surface area contributed by atoms with Gasteiger partial charge in [-0.05, 0) is 23.0 Å². The van der Waals surface area contributed by atoms with Crippen LogP contribution >= 0.6 is 15.9 Å². The van der Waals surface area contributed by atoms with E-state index in [9.17, 15) is 8.42 Å². The van der Waals surface area contributed by atoms with E-state index in [1.54, 1.807) is 0 Å². The van der Waals surface area contributed by atoms with Gasteiger partial charge in [0.25, 0.3) is 0 Å². The second-order valence-corrected chi connectivity index (χ2v) is 7.12. The molecule has 1 unspecified atom stereocenters. The van der Waals surface area contributed by atoms with Crippen LogP contribution in [0.4, 0.5) is 0 Å². The van der Waals surface area contributed by atoms with Gasteiger partial charge in [-0.25, -0.2) is 13.1 Å². The third-order valence-corrected chi connectivity index (χ3v) is 5.32. The molecule has 3 N–H and O–H groups in total. The molecule has 1 saturated heterocycles. The molecule has 0 aromatic carbocycles. The number of hydrogen-bond acceptors (Lipinski definition) is 6. The molecule has 0 bridgehead atoms. The fourth-order valence-corrected chi connectivity index (χ4v) is 4.01. The van der Waals surface area contributed by atoms with Gasteiger partial charge < -0.3 is 19.8 Å². The van der Waals surface area contributed by atoms with Crippen LogP contribution in [0.25, 0.3) is 0 Å². The quantitative estimate of drug-likeness (QED) is 0.766. The molecule has 7 nitrogen and oxygen atoms in total. The summed E-state index contributed by atoms with van der Waals surface area (Å²) < 4.78 is 37.8. The van der Waals surface area contributed by atoms with Gasteiger partial charge in [-0.2, -0.15) is 0 Å². The van der Waals surface area contributed by atoms with Crippen molar-refractivity contribution in [2.75, 3.05) is 33.3 Å². The molecule has 0 aliphatic carbocycles. The first kappa shape index (κ1) is 15.9. The number of sulfonamides is 1. The van der Waals surface area contributed by atoms with Crippen LogP contribution < -0.4 is 10.5 Å². The largest absolute Gasteiger partial charge is 0.452 e. The molecule has 1 aromatic heterocycles. The van der Waals surface area contributed by atoms with Crippen LogP contribution in [0.3, 0.4) is 0 Å². The number of nitrogens with two attached hydrogens (primary N) is 1. The zero-order valence-electron chi connectivity index (χ0n) is 11.1. The first-order valence-corrected chi connectivity index (χ1v) is 8.48.